The van der Waals surface area contributed by atoms with Crippen LogP contribution in [-0.2, 0) is 0 Å². The lowest BCUT2D eigenvalue weighted by molar-refractivity contribution is 0.385. The molecule has 1 aromatic heterocycles. The van der Waals surface area contributed by atoms with Crippen molar-refractivity contribution < 1.29 is 4.74 Å². The highest BCUT2D eigenvalue weighted by Gasteiger charge is 2.20. The number of rotatable bonds is 2. The number of nitrogens with one attached hydrogen (secondary N) is 1. The zero-order chi connectivity index (χ0) is 8.39. The van der Waals surface area contributed by atoms with Gasteiger partial charge < -0.3 is 10.1 Å². The van der Waals surface area contributed by atoms with E-state index in [9.17, 15) is 0 Å². The first-order valence-electron chi connectivity index (χ1n) is 3.98. The highest BCUT2D eigenvalue weighted by molar-refractivity contribution is 5.16. The molecular weight excluding hydrogens is 154 g/mol. The number of hydrogen-bond donors (Lipinski definition) is 1. The van der Waals surface area contributed by atoms with Gasteiger partial charge in [0.15, 0.2) is 0 Å². The molecular formula is C8H11N3O. The standard InChI is InChI=1S/C8H11N3O/c1-12-8-3-2-7(10-11-8)6-4-9-5-6/h2-3,6,9H,4-5H2,1H3. The second-order valence-electron chi connectivity index (χ2n) is 2.86. The van der Waals surface area contributed by atoms with E-state index >= 15 is 0 Å². The monoisotopic (exact) mass is 165 g/mol. The quantitative estimate of drug-likeness (QED) is 0.678. The van der Waals surface area contributed by atoms with E-state index in [0.717, 1.165) is 18.8 Å². The molecule has 12 heavy (non-hydrogen) atoms. The van der Waals surface area contributed by atoms with Crippen LogP contribution in [0.15, 0.2) is 12.1 Å². The summed E-state index contributed by atoms with van der Waals surface area (Å²) in [6, 6.07) is 3.82. The molecule has 4 nitrogen and oxygen atoms in total. The van der Waals surface area contributed by atoms with Crippen molar-refractivity contribution in [2.75, 3.05) is 20.2 Å². The largest absolute Gasteiger partial charge is 0.480 e. The van der Waals surface area contributed by atoms with Crippen LogP contribution < -0.4 is 10.1 Å². The molecule has 1 aliphatic heterocycles. The summed E-state index contributed by atoms with van der Waals surface area (Å²) in [5.41, 5.74) is 1.05. The number of hydrogen-bond acceptors (Lipinski definition) is 4. The summed E-state index contributed by atoms with van der Waals surface area (Å²) in [7, 11) is 1.59. The molecule has 1 aromatic rings. The van der Waals surface area contributed by atoms with Crippen LogP contribution in [-0.4, -0.2) is 30.4 Å². The van der Waals surface area contributed by atoms with Crippen LogP contribution >= 0.6 is 0 Å². The number of methoxy groups -OCH3 is 1. The van der Waals surface area contributed by atoms with Gasteiger partial charge in [0.05, 0.1) is 12.8 Å². The van der Waals surface area contributed by atoms with Gasteiger partial charge in [0.25, 0.3) is 0 Å². The van der Waals surface area contributed by atoms with Gasteiger partial charge in [-0.05, 0) is 6.07 Å². The Bertz CT molecular complexity index is 256. The van der Waals surface area contributed by atoms with Crippen LogP contribution in [0.25, 0.3) is 0 Å². The fourth-order valence-electron chi connectivity index (χ4n) is 1.15. The molecule has 1 saturated heterocycles. The van der Waals surface area contributed by atoms with Gasteiger partial charge in [-0.1, -0.05) is 0 Å². The molecule has 1 N–H and O–H groups in total. The third-order valence-electron chi connectivity index (χ3n) is 2.07. The normalized spacial score (nSPS) is 17.1. The lowest BCUT2D eigenvalue weighted by Gasteiger charge is -2.25. The van der Waals surface area contributed by atoms with Crippen LogP contribution in [0.3, 0.4) is 0 Å². The first kappa shape index (κ1) is 7.49. The van der Waals surface area contributed by atoms with Crippen molar-refractivity contribution in [1.29, 1.82) is 0 Å². The lowest BCUT2D eigenvalue weighted by Crippen LogP contribution is -2.40. The molecule has 2 heterocycles. The van der Waals surface area contributed by atoms with Crippen LogP contribution in [0.5, 0.6) is 5.88 Å². The lowest BCUT2D eigenvalue weighted by atomic mass is 9.99. The third-order valence-corrected chi connectivity index (χ3v) is 2.07. The van der Waals surface area contributed by atoms with Crippen molar-refractivity contribution in [1.82, 2.24) is 15.5 Å². The summed E-state index contributed by atoms with van der Waals surface area (Å²) in [6.45, 7) is 2.03. The first-order valence-corrected chi connectivity index (χ1v) is 3.98. The molecule has 2 rings (SSSR count). The zero-order valence-electron chi connectivity index (χ0n) is 6.95. The molecule has 4 heteroatoms. The van der Waals surface area contributed by atoms with Gasteiger partial charge in [-0.15, -0.1) is 5.10 Å². The highest BCUT2D eigenvalue weighted by atomic mass is 16.5. The summed E-state index contributed by atoms with van der Waals surface area (Å²) >= 11 is 0. The van der Waals surface area contributed by atoms with E-state index in [1.165, 1.54) is 0 Å². The minimum atomic E-state index is 0.545. The van der Waals surface area contributed by atoms with E-state index in [0.29, 0.717) is 11.8 Å². The Balaban J connectivity index is 2.13. The van der Waals surface area contributed by atoms with Gasteiger partial charge in [-0.3, -0.25) is 0 Å². The van der Waals surface area contributed by atoms with Crippen LogP contribution in [0.1, 0.15) is 11.6 Å². The van der Waals surface area contributed by atoms with Crippen molar-refractivity contribution in [2.24, 2.45) is 0 Å². The van der Waals surface area contributed by atoms with Crippen molar-refractivity contribution >= 4 is 0 Å². The van der Waals surface area contributed by atoms with Gasteiger partial charge in [-0.2, -0.15) is 5.10 Å². The SMILES string of the molecule is COc1ccc(C2CNC2)nn1. The second kappa shape index (κ2) is 3.06. The third kappa shape index (κ3) is 1.25. The Morgan fingerprint density at radius 3 is 2.67 bits per heavy atom. The Morgan fingerprint density at radius 2 is 2.25 bits per heavy atom. The van der Waals surface area contributed by atoms with Gasteiger partial charge in [0.1, 0.15) is 0 Å². The number of aromatic nitrogens is 2. The van der Waals surface area contributed by atoms with Crippen molar-refractivity contribution in [3.8, 4) is 5.88 Å². The Hall–Kier alpha value is -1.16. The molecule has 0 spiro atoms. The molecule has 0 amide bonds. The predicted molar refractivity (Wildman–Crippen MR) is 44.2 cm³/mol. The maximum atomic E-state index is 4.91. The molecule has 0 radical (unpaired) electrons. The van der Waals surface area contributed by atoms with E-state index in [4.69, 9.17) is 4.74 Å². The van der Waals surface area contributed by atoms with E-state index in [1.54, 1.807) is 7.11 Å². The van der Waals surface area contributed by atoms with Crippen LogP contribution in [0.2, 0.25) is 0 Å². The predicted octanol–water partition coefficient (Wildman–Crippen LogP) is 0.172. The van der Waals surface area contributed by atoms with Crippen LogP contribution in [0, 0.1) is 0 Å². The molecule has 0 unspecified atom stereocenters. The van der Waals surface area contributed by atoms with Crippen molar-refractivity contribution in [3.63, 3.8) is 0 Å². The molecule has 0 atom stereocenters. The van der Waals surface area contributed by atoms with Crippen molar-refractivity contribution in [3.05, 3.63) is 17.8 Å². The van der Waals surface area contributed by atoms with E-state index in [2.05, 4.69) is 15.5 Å². The molecule has 0 aliphatic carbocycles. The minimum Gasteiger partial charge on any atom is -0.480 e. The van der Waals surface area contributed by atoms with Crippen molar-refractivity contribution in [2.45, 2.75) is 5.92 Å². The maximum Gasteiger partial charge on any atom is 0.233 e. The zero-order valence-corrected chi connectivity index (χ0v) is 6.95. The van der Waals surface area contributed by atoms with E-state index in [-0.39, 0.29) is 0 Å². The number of ether oxygens (including phenoxy) is 1. The van der Waals surface area contributed by atoms with E-state index < -0.39 is 0 Å². The van der Waals surface area contributed by atoms with Gasteiger partial charge in [0.2, 0.25) is 5.88 Å². The fraction of sp³-hybridized carbons (Fsp3) is 0.500. The molecule has 0 aromatic carbocycles. The van der Waals surface area contributed by atoms with Crippen LogP contribution in [0.4, 0.5) is 0 Å². The van der Waals surface area contributed by atoms with Gasteiger partial charge in [-0.25, -0.2) is 0 Å². The minimum absolute atomic E-state index is 0.545. The second-order valence-corrected chi connectivity index (χ2v) is 2.86. The molecule has 1 fully saturated rings. The summed E-state index contributed by atoms with van der Waals surface area (Å²) in [5, 5.41) is 11.1. The smallest absolute Gasteiger partial charge is 0.233 e. The Kier molecular flexibility index (Phi) is 1.91. The summed E-state index contributed by atoms with van der Waals surface area (Å²) in [4.78, 5) is 0. The average molecular weight is 165 g/mol. The highest BCUT2D eigenvalue weighted by Crippen LogP contribution is 2.17. The molecule has 0 saturated carbocycles. The molecule has 1 aliphatic rings. The maximum absolute atomic E-state index is 4.91. The molecule has 64 valence electrons. The summed E-state index contributed by atoms with van der Waals surface area (Å²) < 4.78 is 4.91. The topological polar surface area (TPSA) is 47.0 Å². The summed E-state index contributed by atoms with van der Waals surface area (Å²) in [5.74, 6) is 1.12. The Labute approximate surface area is 71.0 Å². The number of nitrogens with zero attached hydrogens (tertiary/aromatic N) is 2. The van der Waals surface area contributed by atoms with Gasteiger partial charge in [0, 0.05) is 25.1 Å². The average Bonchev–Trinajstić information content (AvgIpc) is 2.03. The van der Waals surface area contributed by atoms with Gasteiger partial charge >= 0.3 is 0 Å². The first-order chi connectivity index (χ1) is 5.90. The summed E-state index contributed by atoms with van der Waals surface area (Å²) in [6.07, 6.45) is 0. The Morgan fingerprint density at radius 1 is 1.42 bits per heavy atom. The fourth-order valence-corrected chi connectivity index (χ4v) is 1.15. The van der Waals surface area contributed by atoms with E-state index in [1.807, 2.05) is 12.1 Å². The molecule has 0 bridgehead atoms.